The summed E-state index contributed by atoms with van der Waals surface area (Å²) in [5.74, 6) is 5.20. The van der Waals surface area contributed by atoms with Gasteiger partial charge >= 0.3 is 0 Å². The predicted molar refractivity (Wildman–Crippen MR) is 133 cm³/mol. The summed E-state index contributed by atoms with van der Waals surface area (Å²) >= 11 is 0. The molecule has 0 saturated heterocycles. The molecular formula is C30H50O. The molecule has 0 aromatic rings. The molecule has 0 spiro atoms. The Kier molecular flexibility index (Phi) is 6.85. The van der Waals surface area contributed by atoms with Crippen molar-refractivity contribution in [3.63, 3.8) is 0 Å². The number of hydrogen-bond acceptors (Lipinski definition) is 1. The van der Waals surface area contributed by atoms with Crippen LogP contribution in [0.25, 0.3) is 0 Å². The van der Waals surface area contributed by atoms with Crippen molar-refractivity contribution in [3.8, 4) is 0 Å². The number of allylic oxidation sites excluding steroid dienone is 3. The van der Waals surface area contributed by atoms with Crippen molar-refractivity contribution in [2.45, 2.75) is 118 Å². The highest BCUT2D eigenvalue weighted by molar-refractivity contribution is 5.25. The summed E-state index contributed by atoms with van der Waals surface area (Å²) in [4.78, 5) is 0. The Labute approximate surface area is 193 Å². The second kappa shape index (κ2) is 9.00. The molecule has 0 bridgehead atoms. The highest BCUT2D eigenvalue weighted by Gasteiger charge is 2.59. The Morgan fingerprint density at radius 2 is 1.90 bits per heavy atom. The molecule has 3 saturated carbocycles. The molecule has 9 atom stereocenters. The predicted octanol–water partition coefficient (Wildman–Crippen LogP) is 8.34. The second-order valence-corrected chi connectivity index (χ2v) is 12.6. The number of aliphatic hydroxyl groups is 1. The zero-order chi connectivity index (χ0) is 22.4. The molecule has 0 amide bonds. The number of rotatable bonds is 6. The van der Waals surface area contributed by atoms with Gasteiger partial charge in [-0.3, -0.25) is 0 Å². The highest BCUT2D eigenvalue weighted by Crippen LogP contribution is 2.67. The SMILES string of the molecule is C/C=C(/CC[C@@H](C)[C@H]1CC[C@H]2[C@@H]3CC=C4C[C@@H](O)CC[C@]4(C)[C@H]3CC[C@]12C)[C@@H](C)CC. The van der Waals surface area contributed by atoms with E-state index in [2.05, 4.69) is 53.7 Å². The van der Waals surface area contributed by atoms with Gasteiger partial charge in [0.15, 0.2) is 0 Å². The van der Waals surface area contributed by atoms with Crippen LogP contribution in [0.2, 0.25) is 0 Å². The third kappa shape index (κ3) is 4.00. The first-order valence-corrected chi connectivity index (χ1v) is 13.8. The summed E-state index contributed by atoms with van der Waals surface area (Å²) in [7, 11) is 0. The molecular weight excluding hydrogens is 376 g/mol. The van der Waals surface area contributed by atoms with Crippen molar-refractivity contribution in [1.82, 2.24) is 0 Å². The van der Waals surface area contributed by atoms with E-state index in [-0.39, 0.29) is 6.10 Å². The number of hydrogen-bond donors (Lipinski definition) is 1. The Hall–Kier alpha value is -0.560. The Balaban J connectivity index is 1.47. The zero-order valence-electron chi connectivity index (χ0n) is 21.4. The minimum absolute atomic E-state index is 0.0843. The van der Waals surface area contributed by atoms with E-state index in [0.29, 0.717) is 10.8 Å². The van der Waals surface area contributed by atoms with Crippen LogP contribution in [-0.4, -0.2) is 11.2 Å². The van der Waals surface area contributed by atoms with E-state index in [1.165, 1.54) is 57.8 Å². The summed E-state index contributed by atoms with van der Waals surface area (Å²) < 4.78 is 0. The van der Waals surface area contributed by atoms with E-state index in [9.17, 15) is 5.11 Å². The molecule has 0 heterocycles. The van der Waals surface area contributed by atoms with E-state index in [1.54, 1.807) is 11.1 Å². The fourth-order valence-electron chi connectivity index (χ4n) is 9.15. The minimum Gasteiger partial charge on any atom is -0.393 e. The van der Waals surface area contributed by atoms with Crippen LogP contribution in [0.4, 0.5) is 0 Å². The minimum atomic E-state index is -0.0843. The summed E-state index contributed by atoms with van der Waals surface area (Å²) in [6, 6.07) is 0. The van der Waals surface area contributed by atoms with Crippen molar-refractivity contribution in [2.75, 3.05) is 0 Å². The van der Waals surface area contributed by atoms with E-state index < -0.39 is 0 Å². The van der Waals surface area contributed by atoms with Crippen molar-refractivity contribution in [1.29, 1.82) is 0 Å². The Morgan fingerprint density at radius 3 is 2.61 bits per heavy atom. The van der Waals surface area contributed by atoms with Crippen LogP contribution >= 0.6 is 0 Å². The van der Waals surface area contributed by atoms with Crippen molar-refractivity contribution in [3.05, 3.63) is 23.3 Å². The fraction of sp³-hybridized carbons (Fsp3) is 0.867. The lowest BCUT2D eigenvalue weighted by molar-refractivity contribution is -0.0571. The van der Waals surface area contributed by atoms with Crippen molar-refractivity contribution >= 4 is 0 Å². The van der Waals surface area contributed by atoms with Gasteiger partial charge in [0.25, 0.3) is 0 Å². The van der Waals surface area contributed by atoms with Crippen LogP contribution in [0, 0.1) is 46.3 Å². The lowest BCUT2D eigenvalue weighted by atomic mass is 9.47. The van der Waals surface area contributed by atoms with Crippen LogP contribution in [-0.2, 0) is 0 Å². The van der Waals surface area contributed by atoms with Gasteiger partial charge < -0.3 is 5.11 Å². The topological polar surface area (TPSA) is 20.2 Å². The third-order valence-electron chi connectivity index (χ3n) is 11.3. The van der Waals surface area contributed by atoms with Gasteiger partial charge in [-0.25, -0.2) is 0 Å². The molecule has 4 aliphatic rings. The van der Waals surface area contributed by atoms with Crippen LogP contribution < -0.4 is 0 Å². The summed E-state index contributed by atoms with van der Waals surface area (Å²) in [6.45, 7) is 14.8. The van der Waals surface area contributed by atoms with Gasteiger partial charge in [0.1, 0.15) is 0 Å². The standard InChI is InChI=1S/C30H50O/c1-7-20(3)22(8-2)10-9-21(4)26-13-14-27-25-12-11-23-19-24(31)15-17-29(23,5)28(25)16-18-30(26,27)6/h8,11,20-21,24-28,31H,7,9-10,12-19H2,1-6H3/b22-8-/t20-,21+,24-,25-,26+,27-,28-,29-,30+/m0/s1. The molecule has 4 rings (SSSR count). The first kappa shape index (κ1) is 23.6. The molecule has 3 fully saturated rings. The van der Waals surface area contributed by atoms with Gasteiger partial charge in [-0.1, -0.05) is 57.9 Å². The first-order chi connectivity index (χ1) is 14.7. The maximum absolute atomic E-state index is 10.3. The monoisotopic (exact) mass is 426 g/mol. The van der Waals surface area contributed by atoms with Crippen LogP contribution in [0.15, 0.2) is 23.3 Å². The molecule has 1 nitrogen and oxygen atoms in total. The average Bonchev–Trinajstić information content (AvgIpc) is 3.11. The summed E-state index contributed by atoms with van der Waals surface area (Å²) in [5, 5.41) is 10.3. The zero-order valence-corrected chi connectivity index (χ0v) is 21.4. The maximum Gasteiger partial charge on any atom is 0.0577 e. The quantitative estimate of drug-likeness (QED) is 0.423. The molecule has 1 heteroatoms. The first-order valence-electron chi connectivity index (χ1n) is 13.8. The fourth-order valence-corrected chi connectivity index (χ4v) is 9.15. The number of fused-ring (bicyclic) bond motifs is 5. The molecule has 0 aromatic heterocycles. The van der Waals surface area contributed by atoms with Gasteiger partial charge in [-0.15, -0.1) is 0 Å². The lowest BCUT2D eigenvalue weighted by Crippen LogP contribution is -2.50. The highest BCUT2D eigenvalue weighted by atomic mass is 16.3. The van der Waals surface area contributed by atoms with Crippen LogP contribution in [0.1, 0.15) is 112 Å². The maximum atomic E-state index is 10.3. The molecule has 0 unspecified atom stereocenters. The van der Waals surface area contributed by atoms with E-state index in [1.807, 2.05) is 0 Å². The van der Waals surface area contributed by atoms with Gasteiger partial charge in [0, 0.05) is 0 Å². The Morgan fingerprint density at radius 1 is 1.13 bits per heavy atom. The van der Waals surface area contributed by atoms with E-state index in [0.717, 1.165) is 48.3 Å². The Bertz CT molecular complexity index is 703. The normalized spacial score (nSPS) is 44.7. The van der Waals surface area contributed by atoms with Crippen molar-refractivity contribution in [2.24, 2.45) is 46.3 Å². The van der Waals surface area contributed by atoms with Gasteiger partial charge in [-0.05, 0) is 124 Å². The van der Waals surface area contributed by atoms with Crippen LogP contribution in [0.3, 0.4) is 0 Å². The number of aliphatic hydroxyl groups excluding tert-OH is 1. The van der Waals surface area contributed by atoms with Crippen LogP contribution in [0.5, 0.6) is 0 Å². The van der Waals surface area contributed by atoms with E-state index in [4.69, 9.17) is 0 Å². The largest absolute Gasteiger partial charge is 0.393 e. The molecule has 1 N–H and O–H groups in total. The summed E-state index contributed by atoms with van der Waals surface area (Å²) in [6.07, 6.45) is 19.1. The second-order valence-electron chi connectivity index (χ2n) is 12.6. The molecule has 31 heavy (non-hydrogen) atoms. The van der Waals surface area contributed by atoms with Gasteiger partial charge in [0.2, 0.25) is 0 Å². The molecule has 0 aliphatic heterocycles. The van der Waals surface area contributed by atoms with Crippen molar-refractivity contribution < 1.29 is 5.11 Å². The molecule has 0 aromatic carbocycles. The smallest absolute Gasteiger partial charge is 0.0577 e. The lowest BCUT2D eigenvalue weighted by Gasteiger charge is -2.58. The summed E-state index contributed by atoms with van der Waals surface area (Å²) in [5.41, 5.74) is 4.24. The molecule has 176 valence electrons. The molecule has 0 radical (unpaired) electrons. The third-order valence-corrected chi connectivity index (χ3v) is 11.3. The van der Waals surface area contributed by atoms with E-state index >= 15 is 0 Å². The van der Waals surface area contributed by atoms with Gasteiger partial charge in [-0.2, -0.15) is 0 Å². The molecule has 4 aliphatic carbocycles. The average molecular weight is 427 g/mol. The van der Waals surface area contributed by atoms with Gasteiger partial charge in [0.05, 0.1) is 6.10 Å².